The zero-order chi connectivity index (χ0) is 20.7. The van der Waals surface area contributed by atoms with E-state index < -0.39 is 29.0 Å². The molecule has 0 atom stereocenters. The maximum Gasteiger partial charge on any atom is 0.271 e. The first-order chi connectivity index (χ1) is 13.4. The molecule has 2 aromatic carbocycles. The minimum absolute atomic E-state index is 0.0202. The predicted molar refractivity (Wildman–Crippen MR) is 104 cm³/mol. The molecule has 0 heterocycles. The second kappa shape index (κ2) is 9.75. The molecule has 0 aromatic heterocycles. The lowest BCUT2D eigenvalue weighted by Gasteiger charge is -2.13. The highest BCUT2D eigenvalue weighted by atomic mass is 35.5. The van der Waals surface area contributed by atoms with Gasteiger partial charge < -0.3 is 10.6 Å². The van der Waals surface area contributed by atoms with E-state index in [0.29, 0.717) is 10.6 Å². The third kappa shape index (κ3) is 5.01. The maximum absolute atomic E-state index is 13.8. The molecule has 0 aliphatic heterocycles. The monoisotopic (exact) mass is 405 g/mol. The summed E-state index contributed by atoms with van der Waals surface area (Å²) < 4.78 is 27.6. The van der Waals surface area contributed by atoms with E-state index >= 15 is 0 Å². The van der Waals surface area contributed by atoms with Gasteiger partial charge in [-0.2, -0.15) is 0 Å². The molecule has 0 fully saturated rings. The third-order valence-electron chi connectivity index (χ3n) is 3.82. The number of allylic oxidation sites excluding steroid dienone is 1. The fraction of sp³-hybridized carbons (Fsp3) is 0.150. The lowest BCUT2D eigenvalue weighted by molar-refractivity contribution is -0.114. The molecule has 0 unspecified atom stereocenters. The molecule has 0 saturated heterocycles. The topological polar surface area (TPSA) is 70.6 Å². The Kier molecular flexibility index (Phi) is 7.40. The van der Waals surface area contributed by atoms with Crippen LogP contribution in [0.5, 0.6) is 0 Å². The van der Waals surface area contributed by atoms with Crippen LogP contribution in [0.1, 0.15) is 22.8 Å². The van der Waals surface area contributed by atoms with Crippen LogP contribution in [-0.2, 0) is 11.3 Å². The summed E-state index contributed by atoms with van der Waals surface area (Å²) in [5, 5.41) is 5.47. The Morgan fingerprint density at radius 2 is 1.75 bits per heavy atom. The minimum Gasteiger partial charge on any atom is -0.347 e. The maximum atomic E-state index is 13.8. The molecule has 2 N–H and O–H groups in total. The highest BCUT2D eigenvalue weighted by molar-refractivity contribution is 6.45. The van der Waals surface area contributed by atoms with Gasteiger partial charge in [-0.1, -0.05) is 41.9 Å². The number of carbonyl (C=O) groups excluding carboxylic acids is 2. The number of nitrogens with zero attached hydrogens (tertiary/aromatic N) is 1. The van der Waals surface area contributed by atoms with Gasteiger partial charge in [0, 0.05) is 18.6 Å². The average Bonchev–Trinajstić information content (AvgIpc) is 2.67. The quantitative estimate of drug-likeness (QED) is 0.720. The van der Waals surface area contributed by atoms with Crippen molar-refractivity contribution in [3.63, 3.8) is 0 Å². The van der Waals surface area contributed by atoms with E-state index in [1.165, 1.54) is 13.1 Å². The Bertz CT molecular complexity index is 938. The smallest absolute Gasteiger partial charge is 0.271 e. The number of amides is 2. The van der Waals surface area contributed by atoms with Crippen LogP contribution in [-0.4, -0.2) is 24.6 Å². The SMILES string of the molecule is C/C=C(/NC(=O)c1c(F)cccc1F)C(=NC)C(=O)NCc1ccccc1Cl. The van der Waals surface area contributed by atoms with Gasteiger partial charge in [-0.05, 0) is 30.7 Å². The third-order valence-corrected chi connectivity index (χ3v) is 4.19. The molecule has 0 spiro atoms. The number of hydrogen-bond acceptors (Lipinski definition) is 3. The van der Waals surface area contributed by atoms with Crippen LogP contribution < -0.4 is 10.6 Å². The summed E-state index contributed by atoms with van der Waals surface area (Å²) in [6, 6.07) is 10.1. The molecule has 28 heavy (non-hydrogen) atoms. The van der Waals surface area contributed by atoms with Gasteiger partial charge in [-0.15, -0.1) is 0 Å². The Hall–Kier alpha value is -3.06. The zero-order valence-corrected chi connectivity index (χ0v) is 16.0. The first-order valence-electron chi connectivity index (χ1n) is 8.29. The van der Waals surface area contributed by atoms with Crippen molar-refractivity contribution in [3.8, 4) is 0 Å². The lowest BCUT2D eigenvalue weighted by Crippen LogP contribution is -2.38. The van der Waals surface area contributed by atoms with Gasteiger partial charge in [0.25, 0.3) is 11.8 Å². The van der Waals surface area contributed by atoms with E-state index in [4.69, 9.17) is 11.6 Å². The summed E-state index contributed by atoms with van der Waals surface area (Å²) in [6.45, 7) is 1.70. The van der Waals surface area contributed by atoms with E-state index in [2.05, 4.69) is 15.6 Å². The fourth-order valence-corrected chi connectivity index (χ4v) is 2.62. The van der Waals surface area contributed by atoms with Gasteiger partial charge >= 0.3 is 0 Å². The van der Waals surface area contributed by atoms with Crippen LogP contribution in [0.15, 0.2) is 59.2 Å². The van der Waals surface area contributed by atoms with Crippen LogP contribution >= 0.6 is 11.6 Å². The summed E-state index contributed by atoms with van der Waals surface area (Å²) >= 11 is 6.06. The number of benzene rings is 2. The van der Waals surface area contributed by atoms with Crippen LogP contribution in [0.25, 0.3) is 0 Å². The molecule has 0 bridgehead atoms. The Morgan fingerprint density at radius 3 is 2.32 bits per heavy atom. The molecule has 0 aliphatic rings. The average molecular weight is 406 g/mol. The molecule has 0 aliphatic carbocycles. The molecule has 0 saturated carbocycles. The van der Waals surface area contributed by atoms with Gasteiger partial charge in [0.05, 0.1) is 5.70 Å². The molecule has 2 amide bonds. The van der Waals surface area contributed by atoms with E-state index in [-0.39, 0.29) is 18.0 Å². The number of hydrogen-bond donors (Lipinski definition) is 2. The van der Waals surface area contributed by atoms with E-state index in [1.54, 1.807) is 31.2 Å². The first kappa shape index (κ1) is 21.2. The molecule has 2 aromatic rings. The molecule has 8 heteroatoms. The minimum atomic E-state index is -1.02. The van der Waals surface area contributed by atoms with Crippen molar-refractivity contribution >= 4 is 29.1 Å². The summed E-state index contributed by atoms with van der Waals surface area (Å²) in [5.41, 5.74) is -0.118. The number of aliphatic imine (C=N–C) groups is 1. The van der Waals surface area contributed by atoms with Gasteiger partial charge in [0.15, 0.2) is 0 Å². The van der Waals surface area contributed by atoms with Crippen molar-refractivity contribution in [2.75, 3.05) is 7.05 Å². The van der Waals surface area contributed by atoms with Crippen LogP contribution in [0.4, 0.5) is 8.78 Å². The Labute approximate surface area is 166 Å². The van der Waals surface area contributed by atoms with Crippen molar-refractivity contribution in [2.45, 2.75) is 13.5 Å². The summed E-state index contributed by atoms with van der Waals surface area (Å²) in [4.78, 5) is 28.7. The van der Waals surface area contributed by atoms with Gasteiger partial charge in [0.2, 0.25) is 0 Å². The van der Waals surface area contributed by atoms with Crippen molar-refractivity contribution in [2.24, 2.45) is 4.99 Å². The van der Waals surface area contributed by atoms with E-state index in [9.17, 15) is 18.4 Å². The van der Waals surface area contributed by atoms with Gasteiger partial charge in [0.1, 0.15) is 22.9 Å². The largest absolute Gasteiger partial charge is 0.347 e. The summed E-state index contributed by atoms with van der Waals surface area (Å²) in [6.07, 6.45) is 1.41. The predicted octanol–water partition coefficient (Wildman–Crippen LogP) is 3.64. The molecular weight excluding hydrogens is 388 g/mol. The van der Waals surface area contributed by atoms with Gasteiger partial charge in [-0.3, -0.25) is 14.6 Å². The van der Waals surface area contributed by atoms with Crippen molar-refractivity contribution in [1.82, 2.24) is 10.6 Å². The summed E-state index contributed by atoms with van der Waals surface area (Å²) in [5.74, 6) is -3.62. The van der Waals surface area contributed by atoms with Gasteiger partial charge in [-0.25, -0.2) is 8.78 Å². The molecular formula is C20H18ClF2N3O2. The number of carbonyl (C=O) groups is 2. The van der Waals surface area contributed by atoms with Crippen molar-refractivity contribution < 1.29 is 18.4 Å². The second-order valence-electron chi connectivity index (χ2n) is 5.60. The highest BCUT2D eigenvalue weighted by Gasteiger charge is 2.22. The van der Waals surface area contributed by atoms with E-state index in [0.717, 1.165) is 18.2 Å². The van der Waals surface area contributed by atoms with Crippen molar-refractivity contribution in [3.05, 3.63) is 82.0 Å². The lowest BCUT2D eigenvalue weighted by atomic mass is 10.1. The zero-order valence-electron chi connectivity index (χ0n) is 15.2. The Morgan fingerprint density at radius 1 is 1.11 bits per heavy atom. The molecule has 0 radical (unpaired) electrons. The van der Waals surface area contributed by atoms with Crippen LogP contribution in [0.3, 0.4) is 0 Å². The molecule has 2 rings (SSSR count). The number of rotatable bonds is 6. The highest BCUT2D eigenvalue weighted by Crippen LogP contribution is 2.15. The number of nitrogens with one attached hydrogen (secondary N) is 2. The van der Waals surface area contributed by atoms with Crippen LogP contribution in [0, 0.1) is 11.6 Å². The second-order valence-corrected chi connectivity index (χ2v) is 6.01. The standard InChI is InChI=1S/C20H18ClF2N3O2/c1-3-16(26-19(27)17-14(22)9-6-10-15(17)23)18(24-2)20(28)25-11-12-7-4-5-8-13(12)21/h3-10H,11H2,1-2H3,(H,25,28)(H,26,27)/b16-3+,24-18?. The summed E-state index contributed by atoms with van der Waals surface area (Å²) in [7, 11) is 1.36. The van der Waals surface area contributed by atoms with E-state index in [1.807, 2.05) is 0 Å². The normalized spacial score (nSPS) is 11.9. The number of halogens is 3. The molecule has 5 nitrogen and oxygen atoms in total. The fourth-order valence-electron chi connectivity index (χ4n) is 2.41. The molecule has 146 valence electrons. The Balaban J connectivity index is 2.14. The van der Waals surface area contributed by atoms with Crippen molar-refractivity contribution in [1.29, 1.82) is 0 Å². The van der Waals surface area contributed by atoms with Crippen LogP contribution in [0.2, 0.25) is 5.02 Å². The first-order valence-corrected chi connectivity index (χ1v) is 8.67.